The lowest BCUT2D eigenvalue weighted by atomic mass is 9.94. The number of nitrogens with one attached hydrogen (secondary N) is 1. The first kappa shape index (κ1) is 22.5. The van der Waals surface area contributed by atoms with Crippen molar-refractivity contribution in [3.8, 4) is 11.5 Å². The van der Waals surface area contributed by atoms with Crippen LogP contribution in [0, 0.1) is 5.92 Å². The van der Waals surface area contributed by atoms with Crippen molar-refractivity contribution < 1.29 is 14.3 Å². The van der Waals surface area contributed by atoms with Crippen LogP contribution in [0.5, 0.6) is 11.5 Å². The number of hydrogen-bond acceptors (Lipinski definition) is 6. The number of amides is 1. The quantitative estimate of drug-likeness (QED) is 0.719. The summed E-state index contributed by atoms with van der Waals surface area (Å²) in [6, 6.07) is 3.97. The molecule has 0 spiro atoms. The molecule has 0 bridgehead atoms. The van der Waals surface area contributed by atoms with E-state index in [1.807, 2.05) is 21.7 Å². The van der Waals surface area contributed by atoms with Gasteiger partial charge in [0.15, 0.2) is 11.5 Å². The highest BCUT2D eigenvalue weighted by Crippen LogP contribution is 2.38. The highest BCUT2D eigenvalue weighted by molar-refractivity contribution is 6.32. The van der Waals surface area contributed by atoms with Crippen LogP contribution < -0.4 is 14.8 Å². The van der Waals surface area contributed by atoms with Crippen molar-refractivity contribution in [3.05, 3.63) is 40.2 Å². The van der Waals surface area contributed by atoms with Gasteiger partial charge in [-0.25, -0.2) is 0 Å². The fourth-order valence-corrected chi connectivity index (χ4v) is 5.13. The monoisotopic (exact) mass is 473 g/mol. The van der Waals surface area contributed by atoms with E-state index < -0.39 is 0 Å². The minimum absolute atomic E-state index is 0.125. The molecule has 1 aromatic carbocycles. The van der Waals surface area contributed by atoms with Crippen LogP contribution in [0.3, 0.4) is 0 Å². The van der Waals surface area contributed by atoms with Crippen LogP contribution >= 0.6 is 11.6 Å². The van der Waals surface area contributed by atoms with Gasteiger partial charge in [0.05, 0.1) is 35.7 Å². The van der Waals surface area contributed by atoms with Crippen molar-refractivity contribution in [2.24, 2.45) is 5.92 Å². The standard InChI is InChI=1S/C24H32ClN5O3/c1-28-5-7-29(8-6-28)24(31)19-16-27-30-4-3-17(12-21(19)30)14-26-15-18-11-20(25)23-22(13-18)32-9-2-10-33-23/h11,13,16-17,26H,2-10,12,14-15H2,1H3. The summed E-state index contributed by atoms with van der Waals surface area (Å²) >= 11 is 6.43. The Kier molecular flexibility index (Phi) is 6.76. The SMILES string of the molecule is CN1CCN(C(=O)c2cnn3c2CC(CNCc2cc(Cl)c4c(c2)OCCCO4)CC3)CC1. The number of hydrogen-bond donors (Lipinski definition) is 1. The van der Waals surface area contributed by atoms with Gasteiger partial charge in [-0.15, -0.1) is 0 Å². The molecule has 5 rings (SSSR count). The molecule has 3 aliphatic heterocycles. The average Bonchev–Trinajstić information content (AvgIpc) is 3.08. The number of halogens is 1. The fourth-order valence-electron chi connectivity index (χ4n) is 4.84. The van der Waals surface area contributed by atoms with Crippen LogP contribution in [0.4, 0.5) is 0 Å². The molecule has 4 heterocycles. The number of rotatable bonds is 5. The molecule has 1 saturated heterocycles. The summed E-state index contributed by atoms with van der Waals surface area (Å²) in [6.07, 6.45) is 4.54. The molecular weight excluding hydrogens is 442 g/mol. The molecule has 1 atom stereocenters. The third-order valence-electron chi connectivity index (χ3n) is 6.82. The maximum absolute atomic E-state index is 13.1. The van der Waals surface area contributed by atoms with Gasteiger partial charge in [-0.3, -0.25) is 9.48 Å². The number of carbonyl (C=O) groups is 1. The zero-order valence-corrected chi connectivity index (χ0v) is 19.9. The summed E-state index contributed by atoms with van der Waals surface area (Å²) in [7, 11) is 2.10. The molecular formula is C24H32ClN5O3. The van der Waals surface area contributed by atoms with Crippen LogP contribution in [0.1, 0.15) is 34.5 Å². The van der Waals surface area contributed by atoms with E-state index in [2.05, 4.69) is 22.4 Å². The number of nitrogens with zero attached hydrogens (tertiary/aromatic N) is 4. The Morgan fingerprint density at radius 3 is 2.85 bits per heavy atom. The highest BCUT2D eigenvalue weighted by atomic mass is 35.5. The first-order valence-corrected chi connectivity index (χ1v) is 12.3. The number of aromatic nitrogens is 2. The molecule has 1 amide bonds. The largest absolute Gasteiger partial charge is 0.489 e. The van der Waals surface area contributed by atoms with Crippen molar-refractivity contribution in [2.45, 2.75) is 32.4 Å². The molecule has 2 aromatic rings. The predicted octanol–water partition coefficient (Wildman–Crippen LogP) is 2.44. The number of aryl methyl sites for hydroxylation is 1. The molecule has 0 radical (unpaired) electrons. The average molecular weight is 474 g/mol. The van der Waals surface area contributed by atoms with Crippen molar-refractivity contribution in [2.75, 3.05) is 53.0 Å². The van der Waals surface area contributed by atoms with Gasteiger partial charge in [0.2, 0.25) is 0 Å². The zero-order chi connectivity index (χ0) is 22.8. The van der Waals surface area contributed by atoms with Crippen LogP contribution in [0.25, 0.3) is 0 Å². The summed E-state index contributed by atoms with van der Waals surface area (Å²) in [4.78, 5) is 17.3. The molecule has 8 nitrogen and oxygen atoms in total. The number of carbonyl (C=O) groups excluding carboxylic acids is 1. The van der Waals surface area contributed by atoms with Gasteiger partial charge < -0.3 is 24.6 Å². The zero-order valence-electron chi connectivity index (χ0n) is 19.2. The van der Waals surface area contributed by atoms with E-state index in [1.165, 1.54) is 0 Å². The van der Waals surface area contributed by atoms with Gasteiger partial charge in [-0.05, 0) is 50.0 Å². The van der Waals surface area contributed by atoms with E-state index >= 15 is 0 Å². The van der Waals surface area contributed by atoms with Crippen molar-refractivity contribution in [1.82, 2.24) is 24.9 Å². The number of likely N-dealkylation sites (N-methyl/N-ethyl adjacent to an activating group) is 1. The Hall–Kier alpha value is -2.29. The number of fused-ring (bicyclic) bond motifs is 2. The maximum Gasteiger partial charge on any atom is 0.257 e. The minimum Gasteiger partial charge on any atom is -0.489 e. The lowest BCUT2D eigenvalue weighted by Gasteiger charge is -2.32. The second-order valence-corrected chi connectivity index (χ2v) is 9.68. The lowest BCUT2D eigenvalue weighted by molar-refractivity contribution is 0.0662. The Labute approximate surface area is 199 Å². The molecule has 178 valence electrons. The normalized spacial score (nSPS) is 20.9. The molecule has 0 saturated carbocycles. The van der Waals surface area contributed by atoms with E-state index in [9.17, 15) is 4.79 Å². The van der Waals surface area contributed by atoms with Crippen molar-refractivity contribution >= 4 is 17.5 Å². The summed E-state index contributed by atoms with van der Waals surface area (Å²) in [5, 5.41) is 8.68. The Balaban J connectivity index is 1.18. The van der Waals surface area contributed by atoms with Gasteiger partial charge in [0.25, 0.3) is 5.91 Å². The molecule has 3 aliphatic rings. The molecule has 33 heavy (non-hydrogen) atoms. The van der Waals surface area contributed by atoms with Crippen LogP contribution in [-0.2, 0) is 19.5 Å². The Bertz CT molecular complexity index is 1000. The predicted molar refractivity (Wildman–Crippen MR) is 126 cm³/mol. The van der Waals surface area contributed by atoms with Gasteiger partial charge >= 0.3 is 0 Å². The summed E-state index contributed by atoms with van der Waals surface area (Å²) in [6.45, 7) is 7.11. The Morgan fingerprint density at radius 1 is 1.18 bits per heavy atom. The van der Waals surface area contributed by atoms with Crippen LogP contribution in [-0.4, -0.2) is 78.5 Å². The first-order valence-electron chi connectivity index (χ1n) is 11.9. The van der Waals surface area contributed by atoms with Gasteiger partial charge in [0.1, 0.15) is 0 Å². The molecule has 9 heteroatoms. The maximum atomic E-state index is 13.1. The second kappa shape index (κ2) is 9.91. The second-order valence-electron chi connectivity index (χ2n) is 9.27. The van der Waals surface area contributed by atoms with Crippen molar-refractivity contribution in [1.29, 1.82) is 0 Å². The molecule has 0 aliphatic carbocycles. The summed E-state index contributed by atoms with van der Waals surface area (Å²) in [5.41, 5.74) is 2.94. The van der Waals surface area contributed by atoms with Gasteiger partial charge in [-0.1, -0.05) is 11.6 Å². The highest BCUT2D eigenvalue weighted by Gasteiger charge is 2.28. The lowest BCUT2D eigenvalue weighted by Crippen LogP contribution is -2.47. The minimum atomic E-state index is 0.125. The van der Waals surface area contributed by atoms with Crippen LogP contribution in [0.2, 0.25) is 5.02 Å². The third kappa shape index (κ3) is 4.98. The molecule has 1 aromatic heterocycles. The summed E-state index contributed by atoms with van der Waals surface area (Å²) in [5.74, 6) is 1.96. The number of ether oxygens (including phenoxy) is 2. The first-order chi connectivity index (χ1) is 16.1. The van der Waals surface area contributed by atoms with E-state index in [0.29, 0.717) is 36.4 Å². The molecule has 1 fully saturated rings. The number of benzene rings is 1. The molecule has 1 unspecified atom stereocenters. The molecule has 1 N–H and O–H groups in total. The van der Waals surface area contributed by atoms with E-state index in [1.54, 1.807) is 6.20 Å². The fraction of sp³-hybridized carbons (Fsp3) is 0.583. The van der Waals surface area contributed by atoms with Crippen LogP contribution in [0.15, 0.2) is 18.3 Å². The summed E-state index contributed by atoms with van der Waals surface area (Å²) < 4.78 is 13.5. The topological polar surface area (TPSA) is 71.9 Å². The van der Waals surface area contributed by atoms with Gasteiger partial charge in [0, 0.05) is 45.7 Å². The smallest absolute Gasteiger partial charge is 0.257 e. The Morgan fingerprint density at radius 2 is 2.00 bits per heavy atom. The third-order valence-corrected chi connectivity index (χ3v) is 7.11. The van der Waals surface area contributed by atoms with E-state index in [4.69, 9.17) is 21.1 Å². The van der Waals surface area contributed by atoms with E-state index in [-0.39, 0.29) is 5.91 Å². The van der Waals surface area contributed by atoms with Gasteiger partial charge in [-0.2, -0.15) is 5.10 Å². The van der Waals surface area contributed by atoms with E-state index in [0.717, 1.165) is 81.1 Å². The number of piperazine rings is 1. The van der Waals surface area contributed by atoms with Crippen molar-refractivity contribution in [3.63, 3.8) is 0 Å².